The van der Waals surface area contributed by atoms with Crippen molar-refractivity contribution in [3.63, 3.8) is 0 Å². The van der Waals surface area contributed by atoms with Gasteiger partial charge in [0.2, 0.25) is 0 Å². The van der Waals surface area contributed by atoms with Gasteiger partial charge in [0.1, 0.15) is 12.0 Å². The molecule has 0 bridgehead atoms. The number of rotatable bonds is 4. The van der Waals surface area contributed by atoms with E-state index in [9.17, 15) is 31.1 Å². The van der Waals surface area contributed by atoms with Gasteiger partial charge < -0.3 is 4.74 Å². The van der Waals surface area contributed by atoms with Crippen LogP contribution in [0.25, 0.3) is 0 Å². The van der Waals surface area contributed by atoms with Crippen LogP contribution in [0.15, 0.2) is 24.3 Å². The van der Waals surface area contributed by atoms with Crippen molar-refractivity contribution >= 4 is 6.29 Å². The predicted octanol–water partition coefficient (Wildman–Crippen LogP) is 5.18. The normalized spacial score (nSPS) is 22.5. The monoisotopic (exact) mass is 354 g/mol. The van der Waals surface area contributed by atoms with Gasteiger partial charge in [0.05, 0.1) is 6.10 Å². The molecule has 134 valence electrons. The van der Waals surface area contributed by atoms with Crippen LogP contribution in [0.5, 0.6) is 5.75 Å². The minimum Gasteiger partial charge on any atom is -0.490 e. The molecule has 0 atom stereocenters. The Kier molecular flexibility index (Phi) is 5.45. The van der Waals surface area contributed by atoms with Gasteiger partial charge in [-0.1, -0.05) is 0 Å². The van der Waals surface area contributed by atoms with Crippen molar-refractivity contribution < 1.29 is 35.9 Å². The highest BCUT2D eigenvalue weighted by Gasteiger charge is 2.60. The average molecular weight is 354 g/mol. The SMILES string of the molecule is O=Cc1ccc(OC2CCC(C(C(F)(F)F)C(F)(F)F)CC2)cc1. The molecule has 8 heteroatoms. The summed E-state index contributed by atoms with van der Waals surface area (Å²) < 4.78 is 82.0. The number of carbonyl (C=O) groups is 1. The van der Waals surface area contributed by atoms with Crippen LogP contribution in [0, 0.1) is 11.8 Å². The highest BCUT2D eigenvalue weighted by molar-refractivity contribution is 5.74. The molecule has 1 saturated carbocycles. The Balaban J connectivity index is 1.95. The van der Waals surface area contributed by atoms with Crippen LogP contribution >= 0.6 is 0 Å². The number of aldehydes is 1. The molecule has 0 spiro atoms. The maximum atomic E-state index is 12.7. The topological polar surface area (TPSA) is 26.3 Å². The average Bonchev–Trinajstić information content (AvgIpc) is 2.47. The van der Waals surface area contributed by atoms with Gasteiger partial charge in [0, 0.05) is 5.56 Å². The van der Waals surface area contributed by atoms with Gasteiger partial charge in [-0.05, 0) is 55.9 Å². The maximum Gasteiger partial charge on any atom is 0.400 e. The van der Waals surface area contributed by atoms with Crippen molar-refractivity contribution in [2.75, 3.05) is 0 Å². The summed E-state index contributed by atoms with van der Waals surface area (Å²) in [5, 5.41) is 0. The van der Waals surface area contributed by atoms with E-state index in [0.29, 0.717) is 17.6 Å². The van der Waals surface area contributed by atoms with Gasteiger partial charge in [-0.3, -0.25) is 4.79 Å². The summed E-state index contributed by atoms with van der Waals surface area (Å²) in [6.07, 6.45) is -10.5. The van der Waals surface area contributed by atoms with Gasteiger partial charge >= 0.3 is 12.4 Å². The second-order valence-corrected chi connectivity index (χ2v) is 5.90. The molecule has 2 nitrogen and oxygen atoms in total. The fraction of sp³-hybridized carbons (Fsp3) is 0.562. The first kappa shape index (κ1) is 18.6. The Morgan fingerprint density at radius 2 is 1.42 bits per heavy atom. The van der Waals surface area contributed by atoms with E-state index in [1.165, 1.54) is 12.1 Å². The predicted molar refractivity (Wildman–Crippen MR) is 73.8 cm³/mol. The van der Waals surface area contributed by atoms with Gasteiger partial charge in [-0.2, -0.15) is 26.3 Å². The zero-order chi connectivity index (χ0) is 18.0. The first-order valence-corrected chi connectivity index (χ1v) is 7.46. The van der Waals surface area contributed by atoms with Crippen LogP contribution in [0.1, 0.15) is 36.0 Å². The number of ether oxygens (including phenoxy) is 1. The molecule has 0 unspecified atom stereocenters. The number of benzene rings is 1. The Hall–Kier alpha value is -1.73. The van der Waals surface area contributed by atoms with Crippen LogP contribution in [0.2, 0.25) is 0 Å². The second kappa shape index (κ2) is 7.03. The van der Waals surface area contributed by atoms with Crippen LogP contribution in [0.4, 0.5) is 26.3 Å². The Morgan fingerprint density at radius 1 is 0.917 bits per heavy atom. The van der Waals surface area contributed by atoms with Crippen LogP contribution < -0.4 is 4.74 Å². The van der Waals surface area contributed by atoms with Crippen molar-refractivity contribution in [1.82, 2.24) is 0 Å². The molecular formula is C16H16F6O2. The lowest BCUT2D eigenvalue weighted by atomic mass is 9.78. The van der Waals surface area contributed by atoms with Crippen molar-refractivity contribution in [2.24, 2.45) is 11.8 Å². The Morgan fingerprint density at radius 3 is 1.83 bits per heavy atom. The van der Waals surface area contributed by atoms with E-state index in [-0.39, 0.29) is 25.7 Å². The molecule has 0 aliphatic heterocycles. The summed E-state index contributed by atoms with van der Waals surface area (Å²) in [5.74, 6) is -4.31. The van der Waals surface area contributed by atoms with E-state index in [0.717, 1.165) is 0 Å². The lowest BCUT2D eigenvalue weighted by Gasteiger charge is -2.35. The fourth-order valence-electron chi connectivity index (χ4n) is 3.08. The molecule has 1 fully saturated rings. The van der Waals surface area contributed by atoms with Crippen LogP contribution in [-0.4, -0.2) is 24.7 Å². The summed E-state index contributed by atoms with van der Waals surface area (Å²) in [5.41, 5.74) is 0.448. The smallest absolute Gasteiger partial charge is 0.400 e. The standard InChI is InChI=1S/C16H16F6O2/c17-15(18,19)14(16(20,21)22)11-3-7-13(8-4-11)24-12-5-1-10(9-23)2-6-12/h1-2,5-6,9,11,13-14H,3-4,7-8H2. The molecule has 1 aromatic rings. The number of hydrogen-bond donors (Lipinski definition) is 0. The minimum atomic E-state index is -5.29. The third-order valence-corrected chi connectivity index (χ3v) is 4.21. The Labute approximate surface area is 134 Å². The van der Waals surface area contributed by atoms with Crippen molar-refractivity contribution in [3.05, 3.63) is 29.8 Å². The van der Waals surface area contributed by atoms with Gasteiger partial charge in [0.25, 0.3) is 0 Å². The van der Waals surface area contributed by atoms with Gasteiger partial charge in [-0.25, -0.2) is 0 Å². The van der Waals surface area contributed by atoms with E-state index in [1.807, 2.05) is 0 Å². The molecule has 0 N–H and O–H groups in total. The number of halogens is 6. The summed E-state index contributed by atoms with van der Waals surface area (Å²) in [4.78, 5) is 10.5. The molecule has 1 aromatic carbocycles. The highest BCUT2D eigenvalue weighted by atomic mass is 19.4. The van der Waals surface area contributed by atoms with E-state index in [1.54, 1.807) is 12.1 Å². The third-order valence-electron chi connectivity index (χ3n) is 4.21. The van der Waals surface area contributed by atoms with E-state index >= 15 is 0 Å². The van der Waals surface area contributed by atoms with E-state index in [2.05, 4.69) is 0 Å². The molecule has 0 radical (unpaired) electrons. The summed E-state index contributed by atoms with van der Waals surface area (Å²) >= 11 is 0. The lowest BCUT2D eigenvalue weighted by molar-refractivity contribution is -0.301. The fourth-order valence-corrected chi connectivity index (χ4v) is 3.08. The Bertz CT molecular complexity index is 527. The summed E-state index contributed by atoms with van der Waals surface area (Å²) in [6, 6.07) is 6.14. The summed E-state index contributed by atoms with van der Waals surface area (Å²) in [7, 11) is 0. The molecule has 0 aromatic heterocycles. The third kappa shape index (κ3) is 4.64. The highest BCUT2D eigenvalue weighted by Crippen LogP contribution is 2.48. The zero-order valence-corrected chi connectivity index (χ0v) is 12.5. The van der Waals surface area contributed by atoms with Crippen molar-refractivity contribution in [1.29, 1.82) is 0 Å². The molecule has 0 amide bonds. The molecule has 1 aliphatic carbocycles. The van der Waals surface area contributed by atoms with Crippen LogP contribution in [-0.2, 0) is 0 Å². The van der Waals surface area contributed by atoms with Crippen molar-refractivity contribution in [3.8, 4) is 5.75 Å². The number of alkyl halides is 6. The molecule has 0 heterocycles. The number of carbonyl (C=O) groups excluding carboxylic acids is 1. The molecular weight excluding hydrogens is 338 g/mol. The maximum absolute atomic E-state index is 12.7. The van der Waals surface area contributed by atoms with E-state index in [4.69, 9.17) is 4.74 Å². The first-order valence-electron chi connectivity index (χ1n) is 7.46. The van der Waals surface area contributed by atoms with Crippen LogP contribution in [0.3, 0.4) is 0 Å². The van der Waals surface area contributed by atoms with Gasteiger partial charge in [0.15, 0.2) is 5.92 Å². The van der Waals surface area contributed by atoms with E-state index < -0.39 is 30.3 Å². The summed E-state index contributed by atoms with van der Waals surface area (Å²) in [6.45, 7) is 0. The first-order chi connectivity index (χ1) is 11.1. The quantitative estimate of drug-likeness (QED) is 0.550. The number of hydrogen-bond acceptors (Lipinski definition) is 2. The molecule has 2 rings (SSSR count). The largest absolute Gasteiger partial charge is 0.490 e. The molecule has 1 aliphatic rings. The zero-order valence-electron chi connectivity index (χ0n) is 12.5. The van der Waals surface area contributed by atoms with Gasteiger partial charge in [-0.15, -0.1) is 0 Å². The molecule has 24 heavy (non-hydrogen) atoms. The second-order valence-electron chi connectivity index (χ2n) is 5.90. The van der Waals surface area contributed by atoms with Crippen molar-refractivity contribution in [2.45, 2.75) is 44.1 Å². The molecule has 0 saturated heterocycles. The lowest BCUT2D eigenvalue weighted by Crippen LogP contribution is -2.44. The minimum absolute atomic E-state index is 0.128.